The van der Waals surface area contributed by atoms with Crippen LogP contribution in [0.5, 0.6) is 5.75 Å². The van der Waals surface area contributed by atoms with Crippen molar-refractivity contribution < 1.29 is 17.9 Å². The number of rotatable bonds is 4. The van der Waals surface area contributed by atoms with Gasteiger partial charge in [0.25, 0.3) is 0 Å². The first-order valence-corrected chi connectivity index (χ1v) is 9.45. The maximum absolute atomic E-state index is 12.4. The monoisotopic (exact) mass is 412 g/mol. The van der Waals surface area contributed by atoms with E-state index in [2.05, 4.69) is 15.7 Å². The molecule has 3 aromatic rings. The van der Waals surface area contributed by atoms with Crippen molar-refractivity contribution in [1.29, 1.82) is 5.26 Å². The molecule has 0 fully saturated rings. The zero-order valence-electron chi connectivity index (χ0n) is 16.3. The van der Waals surface area contributed by atoms with Gasteiger partial charge in [-0.3, -0.25) is 4.90 Å². The summed E-state index contributed by atoms with van der Waals surface area (Å²) in [5, 5.41) is 9.31. The molecule has 0 atom stereocenters. The molecule has 0 aliphatic carbocycles. The van der Waals surface area contributed by atoms with E-state index in [-0.39, 0.29) is 5.75 Å². The van der Waals surface area contributed by atoms with Crippen molar-refractivity contribution >= 4 is 0 Å². The van der Waals surface area contributed by atoms with E-state index in [0.717, 1.165) is 35.5 Å². The third-order valence-corrected chi connectivity index (χ3v) is 5.21. The van der Waals surface area contributed by atoms with Crippen LogP contribution in [0.2, 0.25) is 0 Å². The van der Waals surface area contributed by atoms with Crippen molar-refractivity contribution in [1.82, 2.24) is 14.5 Å². The zero-order valence-corrected chi connectivity index (χ0v) is 16.3. The lowest BCUT2D eigenvalue weighted by Gasteiger charge is -2.27. The quantitative estimate of drug-likeness (QED) is 0.637. The Bertz CT molecular complexity index is 1100. The zero-order chi connectivity index (χ0) is 21.3. The number of imidazole rings is 1. The largest absolute Gasteiger partial charge is 0.573 e. The van der Waals surface area contributed by atoms with Gasteiger partial charge in [0.05, 0.1) is 23.0 Å². The Balaban J connectivity index is 1.54. The molecule has 4 rings (SSSR count). The Kier molecular flexibility index (Phi) is 5.22. The van der Waals surface area contributed by atoms with Crippen molar-refractivity contribution in [3.05, 3.63) is 71.0 Å². The van der Waals surface area contributed by atoms with Crippen LogP contribution in [-0.4, -0.2) is 27.4 Å². The van der Waals surface area contributed by atoms with Crippen LogP contribution in [0.1, 0.15) is 22.5 Å². The Hall–Kier alpha value is -3.31. The first-order valence-electron chi connectivity index (χ1n) is 9.45. The number of hydrogen-bond acceptors (Lipinski definition) is 4. The fourth-order valence-corrected chi connectivity index (χ4v) is 3.75. The molecule has 154 valence electrons. The van der Waals surface area contributed by atoms with Crippen LogP contribution in [-0.2, 0) is 26.6 Å². The van der Waals surface area contributed by atoms with Gasteiger partial charge in [0, 0.05) is 38.7 Å². The van der Waals surface area contributed by atoms with E-state index in [1.165, 1.54) is 12.1 Å². The molecule has 1 aliphatic rings. The average Bonchev–Trinajstić information content (AvgIpc) is 3.04. The summed E-state index contributed by atoms with van der Waals surface area (Å²) in [5.41, 5.74) is 4.46. The maximum atomic E-state index is 12.4. The second kappa shape index (κ2) is 7.84. The van der Waals surface area contributed by atoms with Crippen molar-refractivity contribution in [2.24, 2.45) is 7.05 Å². The molecule has 0 amide bonds. The molecule has 1 aliphatic heterocycles. The summed E-state index contributed by atoms with van der Waals surface area (Å²) in [4.78, 5) is 6.99. The molecule has 1 aromatic heterocycles. The first kappa shape index (κ1) is 20.0. The topological polar surface area (TPSA) is 54.1 Å². The van der Waals surface area contributed by atoms with E-state index >= 15 is 0 Å². The molecule has 2 heterocycles. The second-order valence-corrected chi connectivity index (χ2v) is 7.19. The van der Waals surface area contributed by atoms with Gasteiger partial charge in [-0.05, 0) is 35.9 Å². The molecular formula is C22H19F3N4O. The minimum absolute atomic E-state index is 0.257. The first-order chi connectivity index (χ1) is 14.3. The summed E-state index contributed by atoms with van der Waals surface area (Å²) in [6, 6.07) is 15.6. The molecular weight excluding hydrogens is 393 g/mol. The molecule has 0 bridgehead atoms. The van der Waals surface area contributed by atoms with Crippen LogP contribution >= 0.6 is 0 Å². The van der Waals surface area contributed by atoms with Crippen molar-refractivity contribution in [3.63, 3.8) is 0 Å². The van der Waals surface area contributed by atoms with Crippen LogP contribution in [0.4, 0.5) is 13.2 Å². The average molecular weight is 412 g/mol. The highest BCUT2D eigenvalue weighted by molar-refractivity contribution is 5.58. The number of benzene rings is 2. The summed E-state index contributed by atoms with van der Waals surface area (Å²) < 4.78 is 43.0. The molecule has 0 saturated heterocycles. The van der Waals surface area contributed by atoms with E-state index in [0.29, 0.717) is 24.5 Å². The Morgan fingerprint density at radius 1 is 1.13 bits per heavy atom. The molecule has 0 radical (unpaired) electrons. The fourth-order valence-electron chi connectivity index (χ4n) is 3.75. The molecule has 0 saturated carbocycles. The normalized spacial score (nSPS) is 14.2. The molecule has 0 N–H and O–H groups in total. The summed E-state index contributed by atoms with van der Waals surface area (Å²) in [6.45, 7) is 2.18. The van der Waals surface area contributed by atoms with Gasteiger partial charge in [-0.25, -0.2) is 4.98 Å². The van der Waals surface area contributed by atoms with Gasteiger partial charge in [0.15, 0.2) is 0 Å². The van der Waals surface area contributed by atoms with Crippen LogP contribution in [0.15, 0.2) is 48.5 Å². The van der Waals surface area contributed by atoms with Gasteiger partial charge in [0.2, 0.25) is 0 Å². The van der Waals surface area contributed by atoms with E-state index < -0.39 is 6.36 Å². The number of hydrogen-bond donors (Lipinski definition) is 0. The number of aromatic nitrogens is 2. The smallest absolute Gasteiger partial charge is 0.406 e. The fraction of sp³-hybridized carbons (Fsp3) is 0.273. The summed E-state index contributed by atoms with van der Waals surface area (Å²) in [7, 11) is 1.91. The highest BCUT2D eigenvalue weighted by Crippen LogP contribution is 2.29. The van der Waals surface area contributed by atoms with Crippen molar-refractivity contribution in [2.75, 3.05) is 6.54 Å². The van der Waals surface area contributed by atoms with Gasteiger partial charge < -0.3 is 9.30 Å². The number of alkyl halides is 3. The lowest BCUT2D eigenvalue weighted by Crippen LogP contribution is -2.31. The summed E-state index contributed by atoms with van der Waals surface area (Å²) >= 11 is 0. The maximum Gasteiger partial charge on any atom is 0.573 e. The molecule has 8 heteroatoms. The number of fused-ring (bicyclic) bond motifs is 1. The molecule has 2 aromatic carbocycles. The van der Waals surface area contributed by atoms with Gasteiger partial charge in [-0.1, -0.05) is 18.2 Å². The lowest BCUT2D eigenvalue weighted by atomic mass is 10.1. The highest BCUT2D eigenvalue weighted by atomic mass is 19.4. The molecule has 30 heavy (non-hydrogen) atoms. The third-order valence-electron chi connectivity index (χ3n) is 5.21. The van der Waals surface area contributed by atoms with Gasteiger partial charge in [-0.2, -0.15) is 5.26 Å². The summed E-state index contributed by atoms with van der Waals surface area (Å²) in [5.74, 6) is 0.449. The molecule has 0 unspecified atom stereocenters. The van der Waals surface area contributed by atoms with Gasteiger partial charge >= 0.3 is 6.36 Å². The van der Waals surface area contributed by atoms with E-state index in [4.69, 9.17) is 4.98 Å². The predicted octanol–water partition coefficient (Wildman–Crippen LogP) is 4.42. The van der Waals surface area contributed by atoms with Gasteiger partial charge in [0.1, 0.15) is 11.6 Å². The Labute approximate surface area is 171 Å². The number of nitriles is 1. The number of halogens is 3. The van der Waals surface area contributed by atoms with Crippen LogP contribution in [0.25, 0.3) is 11.4 Å². The molecule has 5 nitrogen and oxygen atoms in total. The van der Waals surface area contributed by atoms with Crippen LogP contribution in [0.3, 0.4) is 0 Å². The standard InChI is InChI=1S/C22H19F3N4O/c1-28-20-14-29(13-17-5-3-2-4-16(17)12-26)11-10-19(20)27-21(28)15-6-8-18(9-7-15)30-22(23,24)25/h2-9H,10-11,13-14H2,1H3. The van der Waals surface area contributed by atoms with Crippen molar-refractivity contribution in [2.45, 2.75) is 25.9 Å². The Morgan fingerprint density at radius 2 is 1.87 bits per heavy atom. The van der Waals surface area contributed by atoms with E-state index in [9.17, 15) is 18.4 Å². The minimum Gasteiger partial charge on any atom is -0.406 e. The summed E-state index contributed by atoms with van der Waals surface area (Å²) in [6.07, 6.45) is -3.94. The minimum atomic E-state index is -4.71. The number of ether oxygens (including phenoxy) is 1. The highest BCUT2D eigenvalue weighted by Gasteiger charge is 2.31. The van der Waals surface area contributed by atoms with E-state index in [1.807, 2.05) is 35.9 Å². The SMILES string of the molecule is Cn1c(-c2ccc(OC(F)(F)F)cc2)nc2c1CN(Cc1ccccc1C#N)CC2. The predicted molar refractivity (Wildman–Crippen MR) is 104 cm³/mol. The van der Waals surface area contributed by atoms with Crippen LogP contribution < -0.4 is 4.74 Å². The van der Waals surface area contributed by atoms with Crippen LogP contribution in [0, 0.1) is 11.3 Å². The van der Waals surface area contributed by atoms with Gasteiger partial charge in [-0.15, -0.1) is 13.2 Å². The van der Waals surface area contributed by atoms with E-state index in [1.54, 1.807) is 12.1 Å². The van der Waals surface area contributed by atoms with Crippen molar-refractivity contribution in [3.8, 4) is 23.2 Å². The number of nitrogens with zero attached hydrogens (tertiary/aromatic N) is 4. The lowest BCUT2D eigenvalue weighted by molar-refractivity contribution is -0.274. The Morgan fingerprint density at radius 3 is 2.57 bits per heavy atom. The third kappa shape index (κ3) is 4.16. The molecule has 0 spiro atoms. The second-order valence-electron chi connectivity index (χ2n) is 7.19.